The molecule has 0 radical (unpaired) electrons. The van der Waals surface area contributed by atoms with Crippen LogP contribution in [-0.4, -0.2) is 11.5 Å². The number of nitrogen functional groups attached to an aromatic ring is 1. The van der Waals surface area contributed by atoms with Crippen molar-refractivity contribution in [2.75, 3.05) is 17.6 Å². The molecule has 1 heterocycles. The lowest BCUT2D eigenvalue weighted by Gasteiger charge is -2.12. The summed E-state index contributed by atoms with van der Waals surface area (Å²) in [5, 5.41) is 3.01. The normalized spacial score (nSPS) is 10.7. The number of pyridine rings is 1. The van der Waals surface area contributed by atoms with E-state index in [9.17, 15) is 8.78 Å². The summed E-state index contributed by atoms with van der Waals surface area (Å²) >= 11 is 0. The van der Waals surface area contributed by atoms with Crippen LogP contribution in [0.4, 0.5) is 20.2 Å². The lowest BCUT2D eigenvalue weighted by atomic mass is 10.1. The van der Waals surface area contributed by atoms with Gasteiger partial charge in [-0.3, -0.25) is 4.98 Å². The van der Waals surface area contributed by atoms with Gasteiger partial charge in [-0.25, -0.2) is 8.78 Å². The molecule has 2 rings (SSSR count). The van der Waals surface area contributed by atoms with Gasteiger partial charge in [-0.05, 0) is 42.3 Å². The number of alkyl halides is 2. The van der Waals surface area contributed by atoms with Gasteiger partial charge in [-0.15, -0.1) is 0 Å². The van der Waals surface area contributed by atoms with E-state index < -0.39 is 6.43 Å². The van der Waals surface area contributed by atoms with Crippen LogP contribution in [0.25, 0.3) is 0 Å². The van der Waals surface area contributed by atoms with Gasteiger partial charge in [0.2, 0.25) is 0 Å². The van der Waals surface area contributed by atoms with Crippen molar-refractivity contribution in [1.29, 1.82) is 0 Å². The molecular formula is C14H15F2N3. The Morgan fingerprint density at radius 2 is 1.89 bits per heavy atom. The average Bonchev–Trinajstić information content (AvgIpc) is 2.41. The van der Waals surface area contributed by atoms with E-state index >= 15 is 0 Å². The predicted molar refractivity (Wildman–Crippen MR) is 72.2 cm³/mol. The summed E-state index contributed by atoms with van der Waals surface area (Å²) in [5.41, 5.74) is 7.34. The van der Waals surface area contributed by atoms with E-state index in [2.05, 4.69) is 10.3 Å². The van der Waals surface area contributed by atoms with Crippen LogP contribution >= 0.6 is 0 Å². The average molecular weight is 263 g/mol. The van der Waals surface area contributed by atoms with E-state index in [-0.39, 0.29) is 5.56 Å². The summed E-state index contributed by atoms with van der Waals surface area (Å²) in [6.07, 6.45) is 1.63. The summed E-state index contributed by atoms with van der Waals surface area (Å²) < 4.78 is 25.7. The topological polar surface area (TPSA) is 50.9 Å². The number of rotatable bonds is 5. The number of hydrogen-bond acceptors (Lipinski definition) is 3. The Morgan fingerprint density at radius 1 is 1.16 bits per heavy atom. The first-order valence-corrected chi connectivity index (χ1v) is 5.97. The Labute approximate surface area is 110 Å². The molecule has 1 aromatic heterocycles. The van der Waals surface area contributed by atoms with E-state index in [0.717, 1.165) is 12.0 Å². The van der Waals surface area contributed by atoms with Gasteiger partial charge < -0.3 is 11.1 Å². The van der Waals surface area contributed by atoms with Gasteiger partial charge in [0, 0.05) is 35.9 Å². The molecule has 0 saturated carbocycles. The van der Waals surface area contributed by atoms with E-state index in [4.69, 9.17) is 5.73 Å². The Bertz CT molecular complexity index is 529. The van der Waals surface area contributed by atoms with Gasteiger partial charge in [0.25, 0.3) is 6.43 Å². The van der Waals surface area contributed by atoms with E-state index in [1.165, 1.54) is 6.07 Å². The van der Waals surface area contributed by atoms with Gasteiger partial charge in [-0.1, -0.05) is 0 Å². The second kappa shape index (κ2) is 6.13. The second-order valence-corrected chi connectivity index (χ2v) is 4.18. The Hall–Kier alpha value is -2.17. The maximum Gasteiger partial charge on any atom is 0.265 e. The number of halogens is 2. The molecule has 0 amide bonds. The predicted octanol–water partition coefficient (Wildman–Crippen LogP) is 3.26. The highest BCUT2D eigenvalue weighted by molar-refractivity contribution is 5.58. The van der Waals surface area contributed by atoms with Crippen molar-refractivity contribution >= 4 is 11.4 Å². The van der Waals surface area contributed by atoms with Gasteiger partial charge in [0.1, 0.15) is 0 Å². The minimum Gasteiger partial charge on any atom is -0.399 e. The number of nitrogens with zero attached hydrogens (tertiary/aromatic N) is 1. The molecule has 19 heavy (non-hydrogen) atoms. The minimum absolute atomic E-state index is 0.0604. The second-order valence-electron chi connectivity index (χ2n) is 4.18. The lowest BCUT2D eigenvalue weighted by molar-refractivity contribution is 0.152. The van der Waals surface area contributed by atoms with Gasteiger partial charge in [0.15, 0.2) is 0 Å². The maximum absolute atomic E-state index is 12.9. The van der Waals surface area contributed by atoms with Crippen molar-refractivity contribution < 1.29 is 8.78 Å². The molecule has 1 aromatic carbocycles. The first-order chi connectivity index (χ1) is 9.16. The molecule has 0 saturated heterocycles. The number of hydrogen-bond donors (Lipinski definition) is 2. The highest BCUT2D eigenvalue weighted by Gasteiger charge is 2.12. The van der Waals surface area contributed by atoms with Crippen LogP contribution < -0.4 is 11.1 Å². The Kier molecular flexibility index (Phi) is 4.28. The highest BCUT2D eigenvalue weighted by atomic mass is 19.3. The Balaban J connectivity index is 2.00. The molecule has 0 atom stereocenters. The quantitative estimate of drug-likeness (QED) is 0.814. The zero-order valence-electron chi connectivity index (χ0n) is 10.3. The zero-order chi connectivity index (χ0) is 13.7. The Morgan fingerprint density at radius 3 is 2.58 bits per heavy atom. The third-order valence-electron chi connectivity index (χ3n) is 2.79. The van der Waals surface area contributed by atoms with Crippen molar-refractivity contribution in [3.63, 3.8) is 0 Å². The van der Waals surface area contributed by atoms with Crippen molar-refractivity contribution in [3.8, 4) is 0 Å². The summed E-state index contributed by atoms with van der Waals surface area (Å²) in [6.45, 7) is 0.577. The van der Waals surface area contributed by atoms with Crippen LogP contribution in [-0.2, 0) is 6.42 Å². The van der Waals surface area contributed by atoms with Crippen LogP contribution in [0.1, 0.15) is 17.6 Å². The van der Waals surface area contributed by atoms with Crippen molar-refractivity contribution in [3.05, 3.63) is 53.9 Å². The van der Waals surface area contributed by atoms with Crippen LogP contribution in [0.2, 0.25) is 0 Å². The van der Waals surface area contributed by atoms with E-state index in [1.54, 1.807) is 24.5 Å². The first-order valence-electron chi connectivity index (χ1n) is 5.97. The van der Waals surface area contributed by atoms with Crippen LogP contribution in [0.3, 0.4) is 0 Å². The number of benzene rings is 1. The van der Waals surface area contributed by atoms with Gasteiger partial charge in [0.05, 0.1) is 0 Å². The largest absolute Gasteiger partial charge is 0.399 e. The van der Waals surface area contributed by atoms with Crippen molar-refractivity contribution in [2.45, 2.75) is 12.8 Å². The summed E-state index contributed by atoms with van der Waals surface area (Å²) in [7, 11) is 0. The molecule has 3 nitrogen and oxygen atoms in total. The smallest absolute Gasteiger partial charge is 0.265 e. The number of nitrogens with two attached hydrogens (primary N) is 1. The summed E-state index contributed by atoms with van der Waals surface area (Å²) in [4.78, 5) is 3.93. The number of nitrogens with one attached hydrogen (secondary N) is 1. The fourth-order valence-corrected chi connectivity index (χ4v) is 1.81. The van der Waals surface area contributed by atoms with Gasteiger partial charge in [-0.2, -0.15) is 0 Å². The van der Waals surface area contributed by atoms with Crippen molar-refractivity contribution in [1.82, 2.24) is 4.98 Å². The highest BCUT2D eigenvalue weighted by Crippen LogP contribution is 2.28. The lowest BCUT2D eigenvalue weighted by Crippen LogP contribution is -2.07. The summed E-state index contributed by atoms with van der Waals surface area (Å²) in [6, 6.07) is 8.31. The fourth-order valence-electron chi connectivity index (χ4n) is 1.81. The van der Waals surface area contributed by atoms with Crippen molar-refractivity contribution in [2.24, 2.45) is 0 Å². The molecular weight excluding hydrogens is 248 g/mol. The molecule has 0 aliphatic carbocycles. The first kappa shape index (κ1) is 13.3. The van der Waals surface area contributed by atoms with Crippen LogP contribution in [0.5, 0.6) is 0 Å². The van der Waals surface area contributed by atoms with E-state index in [1.807, 2.05) is 12.1 Å². The standard InChI is InChI=1S/C14H15F2N3/c15-14(16)12-9-11(17)1-2-13(12)19-8-5-10-3-6-18-7-4-10/h1-4,6-7,9,14,19H,5,8,17H2. The van der Waals surface area contributed by atoms with E-state index in [0.29, 0.717) is 17.9 Å². The number of aromatic nitrogens is 1. The molecule has 2 aromatic rings. The third-order valence-corrected chi connectivity index (χ3v) is 2.79. The van der Waals surface area contributed by atoms with Crippen LogP contribution in [0, 0.1) is 0 Å². The molecule has 0 unspecified atom stereocenters. The minimum atomic E-state index is -2.54. The van der Waals surface area contributed by atoms with Gasteiger partial charge >= 0.3 is 0 Å². The fraction of sp³-hybridized carbons (Fsp3) is 0.214. The monoisotopic (exact) mass is 263 g/mol. The maximum atomic E-state index is 12.9. The molecule has 0 aliphatic heterocycles. The molecule has 0 bridgehead atoms. The molecule has 3 N–H and O–H groups in total. The molecule has 5 heteroatoms. The molecule has 100 valence electrons. The molecule has 0 fully saturated rings. The third kappa shape index (κ3) is 3.64. The zero-order valence-corrected chi connectivity index (χ0v) is 10.3. The molecule has 0 spiro atoms. The SMILES string of the molecule is Nc1ccc(NCCc2ccncc2)c(C(F)F)c1. The summed E-state index contributed by atoms with van der Waals surface area (Å²) in [5.74, 6) is 0. The molecule has 0 aliphatic rings. The van der Waals surface area contributed by atoms with Crippen LogP contribution in [0.15, 0.2) is 42.7 Å². The number of anilines is 2.